The van der Waals surface area contributed by atoms with Gasteiger partial charge in [0.1, 0.15) is 12.4 Å². The normalized spacial score (nSPS) is 10.5. The molecule has 0 heterocycles. The van der Waals surface area contributed by atoms with Gasteiger partial charge in [-0.25, -0.2) is 0 Å². The fourth-order valence-electron chi connectivity index (χ4n) is 1.95. The maximum Gasteiger partial charge on any atom is 0.311 e. The van der Waals surface area contributed by atoms with Gasteiger partial charge in [-0.05, 0) is 31.6 Å². The molecule has 0 bridgehead atoms. The lowest BCUT2D eigenvalue weighted by Gasteiger charge is -2.17. The Morgan fingerprint density at radius 2 is 1.68 bits per heavy atom. The lowest BCUT2D eigenvalue weighted by molar-refractivity contribution is -0.147. The molecule has 0 spiro atoms. The summed E-state index contributed by atoms with van der Waals surface area (Å²) in [7, 11) is 0. The van der Waals surface area contributed by atoms with Crippen LogP contribution < -0.4 is 4.74 Å². The van der Waals surface area contributed by atoms with E-state index in [9.17, 15) is 9.59 Å². The molecule has 0 saturated heterocycles. The number of rotatable bonds is 9. The average Bonchev–Trinajstić information content (AvgIpc) is 2.52. The van der Waals surface area contributed by atoms with Gasteiger partial charge in [0.25, 0.3) is 0 Å². The predicted molar refractivity (Wildman–Crippen MR) is 84.8 cm³/mol. The number of esters is 2. The Morgan fingerprint density at radius 1 is 1.05 bits per heavy atom. The topological polar surface area (TPSA) is 55.8 Å². The lowest BCUT2D eigenvalue weighted by atomic mass is 10.2. The molecule has 0 N–H and O–H groups in total. The van der Waals surface area contributed by atoms with Crippen LogP contribution in [0.3, 0.4) is 0 Å². The standard InChI is InChI=1S/C17H25NO4/c1-4-18(5-2)12-13-21-16(19)10-11-17(20)22-15-9-7-6-8-14(15)3/h6-9H,4-5,10-13H2,1-3H3. The number of nitrogens with zero attached hydrogens (tertiary/aromatic N) is 1. The third kappa shape index (κ3) is 6.72. The number of carbonyl (C=O) groups excluding carboxylic acids is 2. The van der Waals surface area contributed by atoms with Crippen molar-refractivity contribution in [3.05, 3.63) is 29.8 Å². The Labute approximate surface area is 132 Å². The number of para-hydroxylation sites is 1. The monoisotopic (exact) mass is 307 g/mol. The van der Waals surface area contributed by atoms with Crippen molar-refractivity contribution < 1.29 is 19.1 Å². The number of likely N-dealkylation sites (N-methyl/N-ethyl adjacent to an activating group) is 1. The van der Waals surface area contributed by atoms with Gasteiger partial charge in [-0.2, -0.15) is 0 Å². The molecule has 0 aliphatic carbocycles. The van der Waals surface area contributed by atoms with Crippen LogP contribution >= 0.6 is 0 Å². The van der Waals surface area contributed by atoms with Gasteiger partial charge < -0.3 is 14.4 Å². The zero-order valence-corrected chi connectivity index (χ0v) is 13.6. The van der Waals surface area contributed by atoms with Crippen LogP contribution in [0, 0.1) is 6.92 Å². The molecule has 0 fully saturated rings. The first-order valence-corrected chi connectivity index (χ1v) is 7.71. The summed E-state index contributed by atoms with van der Waals surface area (Å²) in [6.45, 7) is 8.91. The first-order valence-electron chi connectivity index (χ1n) is 7.71. The second-order valence-electron chi connectivity index (χ2n) is 4.99. The van der Waals surface area contributed by atoms with Gasteiger partial charge in [-0.3, -0.25) is 9.59 Å². The molecule has 1 aromatic rings. The number of benzene rings is 1. The zero-order valence-electron chi connectivity index (χ0n) is 13.6. The van der Waals surface area contributed by atoms with Crippen LogP contribution in [-0.2, 0) is 14.3 Å². The van der Waals surface area contributed by atoms with E-state index in [1.54, 1.807) is 12.1 Å². The first-order chi connectivity index (χ1) is 10.6. The van der Waals surface area contributed by atoms with Gasteiger partial charge in [-0.1, -0.05) is 32.0 Å². The maximum absolute atomic E-state index is 11.7. The molecule has 0 unspecified atom stereocenters. The van der Waals surface area contributed by atoms with Gasteiger partial charge >= 0.3 is 11.9 Å². The van der Waals surface area contributed by atoms with Crippen LogP contribution in [0.2, 0.25) is 0 Å². The lowest BCUT2D eigenvalue weighted by Crippen LogP contribution is -2.28. The molecule has 5 nitrogen and oxygen atoms in total. The Morgan fingerprint density at radius 3 is 2.32 bits per heavy atom. The molecule has 0 atom stereocenters. The molecule has 0 aliphatic heterocycles. The van der Waals surface area contributed by atoms with Crippen LogP contribution in [-0.4, -0.2) is 43.1 Å². The van der Waals surface area contributed by atoms with Gasteiger partial charge in [-0.15, -0.1) is 0 Å². The number of aryl methyl sites for hydroxylation is 1. The molecule has 22 heavy (non-hydrogen) atoms. The van der Waals surface area contributed by atoms with Crippen LogP contribution in [0.5, 0.6) is 5.75 Å². The summed E-state index contributed by atoms with van der Waals surface area (Å²) < 4.78 is 10.3. The van der Waals surface area contributed by atoms with Gasteiger partial charge in [0.05, 0.1) is 12.8 Å². The zero-order chi connectivity index (χ0) is 16.4. The number of hydrogen-bond acceptors (Lipinski definition) is 5. The van der Waals surface area contributed by atoms with E-state index in [1.165, 1.54) is 0 Å². The summed E-state index contributed by atoms with van der Waals surface area (Å²) in [4.78, 5) is 25.4. The fraction of sp³-hybridized carbons (Fsp3) is 0.529. The van der Waals surface area contributed by atoms with E-state index in [4.69, 9.17) is 9.47 Å². The molecule has 0 saturated carbocycles. The van der Waals surface area contributed by atoms with Crippen molar-refractivity contribution >= 4 is 11.9 Å². The van der Waals surface area contributed by atoms with E-state index in [0.717, 1.165) is 18.7 Å². The van der Waals surface area contributed by atoms with Crippen molar-refractivity contribution in [2.75, 3.05) is 26.2 Å². The number of hydrogen-bond donors (Lipinski definition) is 0. The molecule has 0 aliphatic rings. The molecular formula is C17H25NO4. The molecule has 122 valence electrons. The van der Waals surface area contributed by atoms with Crippen molar-refractivity contribution in [3.8, 4) is 5.75 Å². The van der Waals surface area contributed by atoms with E-state index in [0.29, 0.717) is 18.9 Å². The van der Waals surface area contributed by atoms with Crippen LogP contribution in [0.1, 0.15) is 32.3 Å². The van der Waals surface area contributed by atoms with Crippen LogP contribution in [0.25, 0.3) is 0 Å². The van der Waals surface area contributed by atoms with Crippen molar-refractivity contribution in [1.82, 2.24) is 4.90 Å². The van der Waals surface area contributed by atoms with Crippen molar-refractivity contribution in [2.45, 2.75) is 33.6 Å². The summed E-state index contributed by atoms with van der Waals surface area (Å²) in [5.41, 5.74) is 0.887. The van der Waals surface area contributed by atoms with Crippen LogP contribution in [0.4, 0.5) is 0 Å². The summed E-state index contributed by atoms with van der Waals surface area (Å²) in [5.74, 6) is -0.258. The highest BCUT2D eigenvalue weighted by atomic mass is 16.5. The van der Waals surface area contributed by atoms with Gasteiger partial charge in [0.15, 0.2) is 0 Å². The van der Waals surface area contributed by atoms with Crippen molar-refractivity contribution in [2.24, 2.45) is 0 Å². The fourth-order valence-corrected chi connectivity index (χ4v) is 1.95. The minimum atomic E-state index is -0.421. The summed E-state index contributed by atoms with van der Waals surface area (Å²) >= 11 is 0. The Balaban J connectivity index is 2.23. The molecule has 0 radical (unpaired) electrons. The highest BCUT2D eigenvalue weighted by Gasteiger charge is 2.11. The Hall–Kier alpha value is -1.88. The average molecular weight is 307 g/mol. The minimum Gasteiger partial charge on any atom is -0.464 e. The third-order valence-corrected chi connectivity index (χ3v) is 3.42. The SMILES string of the molecule is CCN(CC)CCOC(=O)CCC(=O)Oc1ccccc1C. The summed E-state index contributed by atoms with van der Waals surface area (Å²) in [5, 5.41) is 0. The Kier molecular flexibility index (Phi) is 8.22. The van der Waals surface area contributed by atoms with E-state index in [2.05, 4.69) is 18.7 Å². The van der Waals surface area contributed by atoms with Crippen molar-refractivity contribution in [1.29, 1.82) is 0 Å². The summed E-state index contributed by atoms with van der Waals surface area (Å²) in [6.07, 6.45) is 0.0708. The molecule has 1 rings (SSSR count). The molecule has 0 amide bonds. The molecule has 0 aromatic heterocycles. The predicted octanol–water partition coefficient (Wildman–Crippen LogP) is 2.57. The van der Waals surface area contributed by atoms with E-state index < -0.39 is 5.97 Å². The van der Waals surface area contributed by atoms with Crippen LogP contribution in [0.15, 0.2) is 24.3 Å². The second-order valence-corrected chi connectivity index (χ2v) is 4.99. The maximum atomic E-state index is 11.7. The molecule has 5 heteroatoms. The second kappa shape index (κ2) is 9.95. The number of carbonyl (C=O) groups is 2. The van der Waals surface area contributed by atoms with E-state index in [1.807, 2.05) is 19.1 Å². The van der Waals surface area contributed by atoms with Gasteiger partial charge in [0, 0.05) is 6.54 Å². The highest BCUT2D eigenvalue weighted by molar-refractivity contribution is 5.79. The van der Waals surface area contributed by atoms with E-state index >= 15 is 0 Å². The molecular weight excluding hydrogens is 282 g/mol. The Bertz CT molecular complexity index is 483. The minimum absolute atomic E-state index is 0.0262. The quantitative estimate of drug-likeness (QED) is 0.518. The van der Waals surface area contributed by atoms with Crippen molar-refractivity contribution in [3.63, 3.8) is 0 Å². The number of ether oxygens (including phenoxy) is 2. The largest absolute Gasteiger partial charge is 0.464 e. The van der Waals surface area contributed by atoms with Gasteiger partial charge in [0.2, 0.25) is 0 Å². The first kappa shape index (κ1) is 18.2. The third-order valence-electron chi connectivity index (χ3n) is 3.42. The summed E-state index contributed by atoms with van der Waals surface area (Å²) in [6, 6.07) is 7.27. The van der Waals surface area contributed by atoms with E-state index in [-0.39, 0.29) is 18.8 Å². The smallest absolute Gasteiger partial charge is 0.311 e. The highest BCUT2D eigenvalue weighted by Crippen LogP contribution is 2.16. The molecule has 1 aromatic carbocycles.